The Balaban J connectivity index is 1.53. The van der Waals surface area contributed by atoms with Gasteiger partial charge in [-0.3, -0.25) is 5.32 Å². The molecule has 0 saturated carbocycles. The summed E-state index contributed by atoms with van der Waals surface area (Å²) in [6.07, 6.45) is 2.01. The first-order valence-electron chi connectivity index (χ1n) is 7.61. The van der Waals surface area contributed by atoms with Crippen LogP contribution in [0, 0.1) is 0 Å². The molecule has 1 N–H and O–H groups in total. The number of hydrogen-bond acceptors (Lipinski definition) is 3. The molecule has 0 unspecified atom stereocenters. The van der Waals surface area contributed by atoms with Crippen LogP contribution >= 0.6 is 11.3 Å². The van der Waals surface area contributed by atoms with Gasteiger partial charge in [0.1, 0.15) is 0 Å². The minimum absolute atomic E-state index is 0.0169. The number of urea groups is 1. The summed E-state index contributed by atoms with van der Waals surface area (Å²) >= 11 is 1.55. The number of nitrogens with zero attached hydrogens (tertiary/aromatic N) is 2. The number of carbonyl (C=O) groups is 1. The molecule has 0 spiro atoms. The van der Waals surface area contributed by atoms with Crippen LogP contribution in [0.3, 0.4) is 0 Å². The first-order chi connectivity index (χ1) is 10.7. The molecule has 4 nitrogen and oxygen atoms in total. The molecule has 1 aromatic heterocycles. The molecule has 116 valence electrons. The molecule has 0 aliphatic carbocycles. The highest BCUT2D eigenvalue weighted by molar-refractivity contribution is 7.14. The van der Waals surface area contributed by atoms with Crippen LogP contribution in [0.25, 0.3) is 0 Å². The Kier molecular flexibility index (Phi) is 4.63. The predicted molar refractivity (Wildman–Crippen MR) is 92.8 cm³/mol. The third-order valence-electron chi connectivity index (χ3n) is 4.21. The molecule has 3 rings (SSSR count). The summed E-state index contributed by atoms with van der Waals surface area (Å²) in [5.41, 5.74) is 1.24. The SMILES string of the molecule is CN(c1ccccc1)C1CCN(C(=O)Nc2cccs2)CC1. The van der Waals surface area contributed by atoms with Crippen molar-refractivity contribution in [3.8, 4) is 0 Å². The Morgan fingerprint density at radius 3 is 2.55 bits per heavy atom. The van der Waals surface area contributed by atoms with E-state index < -0.39 is 0 Å². The minimum atomic E-state index is 0.0169. The number of thiophene rings is 1. The number of nitrogens with one attached hydrogen (secondary N) is 1. The number of para-hydroxylation sites is 1. The number of likely N-dealkylation sites (tertiary alicyclic amines) is 1. The van der Waals surface area contributed by atoms with Crippen LogP contribution in [-0.2, 0) is 0 Å². The lowest BCUT2D eigenvalue weighted by molar-refractivity contribution is 0.194. The molecular formula is C17H21N3OS. The number of piperidine rings is 1. The maximum absolute atomic E-state index is 12.2. The van der Waals surface area contributed by atoms with Gasteiger partial charge >= 0.3 is 6.03 Å². The number of benzene rings is 1. The summed E-state index contributed by atoms with van der Waals surface area (Å²) in [6.45, 7) is 1.61. The smallest absolute Gasteiger partial charge is 0.322 e. The van der Waals surface area contributed by atoms with E-state index in [0.717, 1.165) is 30.9 Å². The van der Waals surface area contributed by atoms with E-state index in [-0.39, 0.29) is 6.03 Å². The third kappa shape index (κ3) is 3.42. The second-order valence-corrected chi connectivity index (χ2v) is 6.52. The molecule has 1 aliphatic heterocycles. The molecule has 2 aromatic rings. The van der Waals surface area contributed by atoms with E-state index in [0.29, 0.717) is 6.04 Å². The molecule has 22 heavy (non-hydrogen) atoms. The Labute approximate surface area is 135 Å². The third-order valence-corrected chi connectivity index (χ3v) is 5.00. The number of amides is 2. The molecule has 1 saturated heterocycles. The van der Waals surface area contributed by atoms with Crippen LogP contribution in [0.4, 0.5) is 15.5 Å². The topological polar surface area (TPSA) is 35.6 Å². The van der Waals surface area contributed by atoms with Gasteiger partial charge in [0.2, 0.25) is 0 Å². The molecule has 0 radical (unpaired) electrons. The summed E-state index contributed by atoms with van der Waals surface area (Å²) in [5, 5.41) is 5.84. The van der Waals surface area contributed by atoms with Crippen molar-refractivity contribution in [1.82, 2.24) is 4.90 Å². The van der Waals surface area contributed by atoms with Crippen molar-refractivity contribution in [1.29, 1.82) is 0 Å². The van der Waals surface area contributed by atoms with Crippen LogP contribution in [-0.4, -0.2) is 37.1 Å². The number of carbonyl (C=O) groups excluding carboxylic acids is 1. The van der Waals surface area contributed by atoms with Gasteiger partial charge in [0, 0.05) is 31.9 Å². The maximum atomic E-state index is 12.2. The Morgan fingerprint density at radius 2 is 1.91 bits per heavy atom. The zero-order chi connectivity index (χ0) is 15.4. The molecule has 5 heteroatoms. The van der Waals surface area contributed by atoms with Crippen LogP contribution in [0.5, 0.6) is 0 Å². The van der Waals surface area contributed by atoms with Gasteiger partial charge in [0.25, 0.3) is 0 Å². The predicted octanol–water partition coefficient (Wildman–Crippen LogP) is 3.88. The Bertz CT molecular complexity index is 592. The van der Waals surface area contributed by atoms with Crippen molar-refractivity contribution in [3.63, 3.8) is 0 Å². The van der Waals surface area contributed by atoms with Gasteiger partial charge in [0.05, 0.1) is 5.00 Å². The quantitative estimate of drug-likeness (QED) is 0.933. The summed E-state index contributed by atoms with van der Waals surface area (Å²) in [5.74, 6) is 0. The second kappa shape index (κ2) is 6.83. The zero-order valence-corrected chi connectivity index (χ0v) is 13.6. The standard InChI is InChI=1S/C17H21N3OS/c1-19(14-6-3-2-4-7-14)15-9-11-20(12-10-15)17(21)18-16-8-5-13-22-16/h2-8,13,15H,9-12H2,1H3,(H,18,21). The lowest BCUT2D eigenvalue weighted by Crippen LogP contribution is -2.47. The van der Waals surface area contributed by atoms with Crippen LogP contribution in [0.1, 0.15) is 12.8 Å². The van der Waals surface area contributed by atoms with Gasteiger partial charge < -0.3 is 9.80 Å². The maximum Gasteiger partial charge on any atom is 0.322 e. The normalized spacial score (nSPS) is 15.6. The zero-order valence-electron chi connectivity index (χ0n) is 12.7. The molecule has 0 bridgehead atoms. The number of hydrogen-bond donors (Lipinski definition) is 1. The fourth-order valence-electron chi connectivity index (χ4n) is 2.86. The van der Waals surface area contributed by atoms with E-state index in [1.807, 2.05) is 28.5 Å². The highest BCUT2D eigenvalue weighted by atomic mass is 32.1. The molecular weight excluding hydrogens is 294 g/mol. The van der Waals surface area contributed by atoms with E-state index in [4.69, 9.17) is 0 Å². The van der Waals surface area contributed by atoms with Crippen molar-refractivity contribution < 1.29 is 4.79 Å². The Morgan fingerprint density at radius 1 is 1.18 bits per heavy atom. The summed E-state index contributed by atoms with van der Waals surface area (Å²) in [4.78, 5) is 16.5. The van der Waals surface area contributed by atoms with Crippen LogP contribution in [0.2, 0.25) is 0 Å². The van der Waals surface area contributed by atoms with Gasteiger partial charge in [-0.25, -0.2) is 4.79 Å². The first kappa shape index (κ1) is 14.9. The van der Waals surface area contributed by atoms with Gasteiger partial charge in [-0.05, 0) is 42.5 Å². The van der Waals surface area contributed by atoms with E-state index in [2.05, 4.69) is 41.5 Å². The molecule has 1 fully saturated rings. The summed E-state index contributed by atoms with van der Waals surface area (Å²) in [6, 6.07) is 14.8. The number of anilines is 2. The monoisotopic (exact) mass is 315 g/mol. The van der Waals surface area contributed by atoms with Crippen molar-refractivity contribution in [2.45, 2.75) is 18.9 Å². The van der Waals surface area contributed by atoms with Crippen molar-refractivity contribution in [3.05, 3.63) is 47.8 Å². The second-order valence-electron chi connectivity index (χ2n) is 5.57. The average molecular weight is 315 g/mol. The van der Waals surface area contributed by atoms with Crippen molar-refractivity contribution >= 4 is 28.1 Å². The van der Waals surface area contributed by atoms with Crippen LogP contribution < -0.4 is 10.2 Å². The Hall–Kier alpha value is -2.01. The largest absolute Gasteiger partial charge is 0.371 e. The fourth-order valence-corrected chi connectivity index (χ4v) is 3.47. The van der Waals surface area contributed by atoms with Gasteiger partial charge in [0.15, 0.2) is 0 Å². The van der Waals surface area contributed by atoms with E-state index in [1.54, 1.807) is 11.3 Å². The van der Waals surface area contributed by atoms with E-state index in [9.17, 15) is 4.79 Å². The van der Waals surface area contributed by atoms with E-state index in [1.165, 1.54) is 5.69 Å². The first-order valence-corrected chi connectivity index (χ1v) is 8.49. The minimum Gasteiger partial charge on any atom is -0.371 e. The lowest BCUT2D eigenvalue weighted by Gasteiger charge is -2.37. The van der Waals surface area contributed by atoms with Gasteiger partial charge in [-0.1, -0.05) is 18.2 Å². The van der Waals surface area contributed by atoms with Crippen molar-refractivity contribution in [2.24, 2.45) is 0 Å². The van der Waals surface area contributed by atoms with Gasteiger partial charge in [-0.15, -0.1) is 11.3 Å². The number of rotatable bonds is 3. The highest BCUT2D eigenvalue weighted by Crippen LogP contribution is 2.23. The lowest BCUT2D eigenvalue weighted by atomic mass is 10.0. The van der Waals surface area contributed by atoms with Gasteiger partial charge in [-0.2, -0.15) is 0 Å². The summed E-state index contributed by atoms with van der Waals surface area (Å²) in [7, 11) is 2.14. The summed E-state index contributed by atoms with van der Waals surface area (Å²) < 4.78 is 0. The molecule has 0 atom stereocenters. The fraction of sp³-hybridized carbons (Fsp3) is 0.353. The molecule has 1 aromatic carbocycles. The molecule has 1 aliphatic rings. The van der Waals surface area contributed by atoms with Crippen LogP contribution in [0.15, 0.2) is 47.8 Å². The molecule has 2 amide bonds. The highest BCUT2D eigenvalue weighted by Gasteiger charge is 2.25. The average Bonchev–Trinajstić information content (AvgIpc) is 3.08. The molecule has 2 heterocycles. The van der Waals surface area contributed by atoms with E-state index >= 15 is 0 Å². The van der Waals surface area contributed by atoms with Crippen molar-refractivity contribution in [2.75, 3.05) is 30.4 Å².